The van der Waals surface area contributed by atoms with Gasteiger partial charge in [-0.1, -0.05) is 30.3 Å². The van der Waals surface area contributed by atoms with Crippen LogP contribution in [0.5, 0.6) is 0 Å². The van der Waals surface area contributed by atoms with Gasteiger partial charge in [-0.05, 0) is 12.5 Å². The van der Waals surface area contributed by atoms with Crippen LogP contribution in [0.3, 0.4) is 0 Å². The van der Waals surface area contributed by atoms with Crippen LogP contribution in [0.1, 0.15) is 18.5 Å². The zero-order chi connectivity index (χ0) is 16.7. The molecule has 1 atom stereocenters. The fourth-order valence-corrected chi connectivity index (χ4v) is 3.32. The van der Waals surface area contributed by atoms with Crippen molar-refractivity contribution in [2.75, 3.05) is 45.0 Å². The van der Waals surface area contributed by atoms with E-state index in [0.29, 0.717) is 13.1 Å². The van der Waals surface area contributed by atoms with E-state index in [4.69, 9.17) is 0 Å². The zero-order valence-corrected chi connectivity index (χ0v) is 14.3. The average Bonchev–Trinajstić information content (AvgIpc) is 2.58. The second-order valence-electron chi connectivity index (χ2n) is 5.62. The molecule has 0 radical (unpaired) electrons. The highest BCUT2D eigenvalue weighted by Crippen LogP contribution is 2.21. The largest absolute Gasteiger partial charge is 0.299 e. The summed E-state index contributed by atoms with van der Waals surface area (Å²) < 4.78 is 25.4. The molecule has 0 bridgehead atoms. The summed E-state index contributed by atoms with van der Waals surface area (Å²) in [7, 11) is -3.11. The van der Waals surface area contributed by atoms with Crippen LogP contribution >= 0.6 is 0 Å². The van der Waals surface area contributed by atoms with Gasteiger partial charge in [-0.3, -0.25) is 9.80 Å². The van der Waals surface area contributed by atoms with E-state index in [9.17, 15) is 13.7 Å². The smallest absolute Gasteiger partial charge is 0.211 e. The van der Waals surface area contributed by atoms with Crippen LogP contribution in [0.2, 0.25) is 0 Å². The minimum atomic E-state index is -3.11. The third-order valence-corrected chi connectivity index (χ3v) is 5.54. The molecule has 0 aliphatic carbocycles. The number of nitrogens with one attached hydrogen (secondary N) is 1. The lowest BCUT2D eigenvalue weighted by Crippen LogP contribution is -2.49. The van der Waals surface area contributed by atoms with E-state index in [1.807, 2.05) is 30.3 Å². The van der Waals surface area contributed by atoms with Gasteiger partial charge in [-0.2, -0.15) is 5.26 Å². The van der Waals surface area contributed by atoms with Crippen LogP contribution in [-0.2, 0) is 10.0 Å². The molecule has 0 spiro atoms. The number of sulfonamides is 1. The van der Waals surface area contributed by atoms with Crippen LogP contribution < -0.4 is 4.72 Å². The molecular weight excluding hydrogens is 312 g/mol. The molecule has 0 amide bonds. The Labute approximate surface area is 138 Å². The molecule has 1 saturated heterocycles. The Morgan fingerprint density at radius 1 is 1.22 bits per heavy atom. The molecule has 2 rings (SSSR count). The first-order valence-corrected chi connectivity index (χ1v) is 9.59. The van der Waals surface area contributed by atoms with Gasteiger partial charge >= 0.3 is 0 Å². The third kappa shape index (κ3) is 5.29. The quantitative estimate of drug-likeness (QED) is 0.797. The van der Waals surface area contributed by atoms with Gasteiger partial charge < -0.3 is 0 Å². The maximum absolute atomic E-state index is 11.4. The molecule has 1 aliphatic heterocycles. The number of rotatable bonds is 7. The molecule has 1 aliphatic rings. The normalized spacial score (nSPS) is 18.4. The Hall–Kier alpha value is -1.46. The van der Waals surface area contributed by atoms with Crippen molar-refractivity contribution < 1.29 is 8.42 Å². The number of nitriles is 1. The standard InChI is InChI=1S/C16H24N4O2S/c1-2-23(21,22)18-8-9-19-10-12-20(13-11-19)16(14-17)15-6-4-3-5-7-15/h3-7,16,18H,2,8-13H2,1H3/t16-/m1/s1. The number of benzene rings is 1. The van der Waals surface area contributed by atoms with Crippen LogP contribution in [0, 0.1) is 11.3 Å². The minimum Gasteiger partial charge on any atom is -0.299 e. The van der Waals surface area contributed by atoms with Gasteiger partial charge in [-0.15, -0.1) is 0 Å². The van der Waals surface area contributed by atoms with Gasteiger partial charge in [0.05, 0.1) is 11.8 Å². The molecule has 126 valence electrons. The topological polar surface area (TPSA) is 76.4 Å². The molecule has 6 nitrogen and oxygen atoms in total. The SMILES string of the molecule is CCS(=O)(=O)NCCN1CCN([C@H](C#N)c2ccccc2)CC1. The van der Waals surface area contributed by atoms with E-state index in [-0.39, 0.29) is 11.8 Å². The van der Waals surface area contributed by atoms with Crippen LogP contribution in [0.25, 0.3) is 0 Å². The van der Waals surface area contributed by atoms with Crippen LogP contribution in [0.4, 0.5) is 0 Å². The predicted molar refractivity (Wildman–Crippen MR) is 90.3 cm³/mol. The number of nitrogens with zero attached hydrogens (tertiary/aromatic N) is 3. The summed E-state index contributed by atoms with van der Waals surface area (Å²) in [4.78, 5) is 4.41. The Bertz CT molecular complexity index is 619. The van der Waals surface area contributed by atoms with Crippen molar-refractivity contribution in [1.29, 1.82) is 5.26 Å². The molecule has 1 aromatic carbocycles. The van der Waals surface area contributed by atoms with Crippen molar-refractivity contribution in [3.8, 4) is 6.07 Å². The van der Waals surface area contributed by atoms with Crippen molar-refractivity contribution in [3.05, 3.63) is 35.9 Å². The van der Waals surface area contributed by atoms with Crippen LogP contribution in [0.15, 0.2) is 30.3 Å². The van der Waals surface area contributed by atoms with Crippen molar-refractivity contribution in [3.63, 3.8) is 0 Å². The zero-order valence-electron chi connectivity index (χ0n) is 13.5. The van der Waals surface area contributed by atoms with Gasteiger partial charge in [0.1, 0.15) is 6.04 Å². The summed E-state index contributed by atoms with van der Waals surface area (Å²) in [6, 6.07) is 12.0. The van der Waals surface area contributed by atoms with Gasteiger partial charge in [0.15, 0.2) is 0 Å². The highest BCUT2D eigenvalue weighted by molar-refractivity contribution is 7.89. The van der Waals surface area contributed by atoms with Crippen molar-refractivity contribution >= 4 is 10.0 Å². The Morgan fingerprint density at radius 2 is 1.87 bits per heavy atom. The summed E-state index contributed by atoms with van der Waals surface area (Å²) in [5.74, 6) is 0.113. The predicted octanol–water partition coefficient (Wildman–Crippen LogP) is 0.808. The van der Waals surface area contributed by atoms with Crippen molar-refractivity contribution in [1.82, 2.24) is 14.5 Å². The first-order chi connectivity index (χ1) is 11.1. The molecule has 1 fully saturated rings. The summed E-state index contributed by atoms with van der Waals surface area (Å²) in [5, 5.41) is 9.47. The molecule has 0 saturated carbocycles. The average molecular weight is 336 g/mol. The summed E-state index contributed by atoms with van der Waals surface area (Å²) >= 11 is 0. The van der Waals surface area contributed by atoms with E-state index < -0.39 is 10.0 Å². The second-order valence-corrected chi connectivity index (χ2v) is 7.71. The van der Waals surface area contributed by atoms with E-state index in [1.165, 1.54) is 0 Å². The van der Waals surface area contributed by atoms with E-state index in [1.54, 1.807) is 6.92 Å². The summed E-state index contributed by atoms with van der Waals surface area (Å²) in [6.45, 7) is 6.10. The van der Waals surface area contributed by atoms with Gasteiger partial charge in [0.25, 0.3) is 0 Å². The summed E-state index contributed by atoms with van der Waals surface area (Å²) in [6.07, 6.45) is 0. The first-order valence-electron chi connectivity index (χ1n) is 7.94. The molecule has 0 unspecified atom stereocenters. The van der Waals surface area contributed by atoms with E-state index in [0.717, 1.165) is 31.7 Å². The minimum absolute atomic E-state index is 0.113. The molecule has 1 aromatic rings. The van der Waals surface area contributed by atoms with Crippen LogP contribution in [-0.4, -0.2) is 63.2 Å². The Balaban J connectivity index is 1.80. The fourth-order valence-electron chi connectivity index (χ4n) is 2.71. The first kappa shape index (κ1) is 17.9. The summed E-state index contributed by atoms with van der Waals surface area (Å²) in [5.41, 5.74) is 1.03. The van der Waals surface area contributed by atoms with Crippen molar-refractivity contribution in [2.24, 2.45) is 0 Å². The highest BCUT2D eigenvalue weighted by Gasteiger charge is 2.24. The Kier molecular flexibility index (Phi) is 6.54. The molecule has 0 aromatic heterocycles. The fraction of sp³-hybridized carbons (Fsp3) is 0.562. The maximum Gasteiger partial charge on any atom is 0.211 e. The molecule has 7 heteroatoms. The van der Waals surface area contributed by atoms with Gasteiger partial charge in [0, 0.05) is 39.3 Å². The van der Waals surface area contributed by atoms with E-state index >= 15 is 0 Å². The molecular formula is C16H24N4O2S. The number of piperazine rings is 1. The molecule has 1 heterocycles. The van der Waals surface area contributed by atoms with Gasteiger partial charge in [0.2, 0.25) is 10.0 Å². The van der Waals surface area contributed by atoms with Crippen molar-refractivity contribution in [2.45, 2.75) is 13.0 Å². The Morgan fingerprint density at radius 3 is 2.43 bits per heavy atom. The van der Waals surface area contributed by atoms with Gasteiger partial charge in [-0.25, -0.2) is 13.1 Å². The second kappa shape index (κ2) is 8.41. The highest BCUT2D eigenvalue weighted by atomic mass is 32.2. The monoisotopic (exact) mass is 336 g/mol. The molecule has 23 heavy (non-hydrogen) atoms. The lowest BCUT2D eigenvalue weighted by Gasteiger charge is -2.37. The van der Waals surface area contributed by atoms with E-state index in [2.05, 4.69) is 20.6 Å². The number of hydrogen-bond acceptors (Lipinski definition) is 5. The maximum atomic E-state index is 11.4. The number of hydrogen-bond donors (Lipinski definition) is 1. The third-order valence-electron chi connectivity index (χ3n) is 4.14. The lowest BCUT2D eigenvalue weighted by molar-refractivity contribution is 0.116. The lowest BCUT2D eigenvalue weighted by atomic mass is 10.1. The molecule has 1 N–H and O–H groups in total.